The van der Waals surface area contributed by atoms with Gasteiger partial charge >= 0.3 is 0 Å². The summed E-state index contributed by atoms with van der Waals surface area (Å²) in [5.74, 6) is -0.348. The van der Waals surface area contributed by atoms with Crippen LogP contribution in [0.4, 0.5) is 0 Å². The molecule has 0 unspecified atom stereocenters. The highest BCUT2D eigenvalue weighted by Crippen LogP contribution is 1.93. The van der Waals surface area contributed by atoms with Crippen LogP contribution < -0.4 is 5.73 Å². The molecule has 1 aromatic heterocycles. The normalized spacial score (nSPS) is 9.70. The fourth-order valence-corrected chi connectivity index (χ4v) is 0.736. The van der Waals surface area contributed by atoms with Crippen molar-refractivity contribution >= 4 is 5.91 Å². The minimum Gasteiger partial charge on any atom is -0.369 e. The van der Waals surface area contributed by atoms with E-state index in [1.165, 1.54) is 0 Å². The van der Waals surface area contributed by atoms with E-state index in [0.717, 1.165) is 5.69 Å². The number of amides is 1. The van der Waals surface area contributed by atoms with E-state index in [2.05, 4.69) is 5.10 Å². The van der Waals surface area contributed by atoms with E-state index in [9.17, 15) is 4.79 Å². The van der Waals surface area contributed by atoms with Crippen molar-refractivity contribution in [2.45, 2.75) is 6.42 Å². The van der Waals surface area contributed by atoms with Gasteiger partial charge in [0.05, 0.1) is 12.1 Å². The molecule has 0 bridgehead atoms. The van der Waals surface area contributed by atoms with Crippen molar-refractivity contribution in [2.24, 2.45) is 12.8 Å². The molecule has 0 aliphatic rings. The monoisotopic (exact) mass is 139 g/mol. The van der Waals surface area contributed by atoms with Gasteiger partial charge in [-0.1, -0.05) is 0 Å². The van der Waals surface area contributed by atoms with Gasteiger partial charge in [0.15, 0.2) is 0 Å². The second kappa shape index (κ2) is 2.51. The molecule has 0 fully saturated rings. The van der Waals surface area contributed by atoms with Crippen molar-refractivity contribution < 1.29 is 4.79 Å². The van der Waals surface area contributed by atoms with Crippen molar-refractivity contribution in [1.29, 1.82) is 0 Å². The summed E-state index contributed by atoms with van der Waals surface area (Å²) in [6.07, 6.45) is 2.00. The Balaban J connectivity index is 2.67. The van der Waals surface area contributed by atoms with Crippen LogP contribution in [0.3, 0.4) is 0 Å². The molecular formula is C6H9N3O. The summed E-state index contributed by atoms with van der Waals surface area (Å²) in [5, 5.41) is 3.97. The molecule has 0 atom stereocenters. The second-order valence-corrected chi connectivity index (χ2v) is 2.12. The molecule has 1 amide bonds. The molecule has 1 heterocycles. The Morgan fingerprint density at radius 1 is 1.90 bits per heavy atom. The zero-order chi connectivity index (χ0) is 7.56. The maximum atomic E-state index is 10.4. The van der Waals surface area contributed by atoms with E-state index in [4.69, 9.17) is 5.73 Å². The van der Waals surface area contributed by atoms with E-state index >= 15 is 0 Å². The largest absolute Gasteiger partial charge is 0.369 e. The van der Waals surface area contributed by atoms with Gasteiger partial charge < -0.3 is 5.73 Å². The quantitative estimate of drug-likeness (QED) is 0.597. The lowest BCUT2D eigenvalue weighted by Gasteiger charge is -1.87. The SMILES string of the molecule is Cn1ccc(CC(N)=O)n1. The highest BCUT2D eigenvalue weighted by Gasteiger charge is 1.99. The van der Waals surface area contributed by atoms with Gasteiger partial charge in [-0.2, -0.15) is 5.10 Å². The number of aryl methyl sites for hydroxylation is 1. The smallest absolute Gasteiger partial charge is 0.223 e. The van der Waals surface area contributed by atoms with Crippen molar-refractivity contribution in [3.63, 3.8) is 0 Å². The van der Waals surface area contributed by atoms with E-state index in [-0.39, 0.29) is 12.3 Å². The van der Waals surface area contributed by atoms with Gasteiger partial charge in [0, 0.05) is 13.2 Å². The summed E-state index contributed by atoms with van der Waals surface area (Å²) in [6.45, 7) is 0. The number of nitrogens with two attached hydrogens (primary N) is 1. The number of hydrogen-bond acceptors (Lipinski definition) is 2. The van der Waals surface area contributed by atoms with Crippen LogP contribution in [0.1, 0.15) is 5.69 Å². The lowest BCUT2D eigenvalue weighted by Crippen LogP contribution is -2.14. The predicted molar refractivity (Wildman–Crippen MR) is 36.1 cm³/mol. The first-order valence-corrected chi connectivity index (χ1v) is 2.95. The molecule has 1 rings (SSSR count). The van der Waals surface area contributed by atoms with Crippen LogP contribution in [0, 0.1) is 0 Å². The summed E-state index contributed by atoms with van der Waals surface area (Å²) in [7, 11) is 1.80. The first-order valence-electron chi connectivity index (χ1n) is 2.95. The van der Waals surface area contributed by atoms with Gasteiger partial charge in [-0.05, 0) is 6.07 Å². The lowest BCUT2D eigenvalue weighted by molar-refractivity contribution is -0.117. The zero-order valence-corrected chi connectivity index (χ0v) is 5.74. The summed E-state index contributed by atoms with van der Waals surface area (Å²) >= 11 is 0. The topological polar surface area (TPSA) is 60.9 Å². The van der Waals surface area contributed by atoms with Crippen LogP contribution in [0.5, 0.6) is 0 Å². The molecule has 1 aromatic rings. The van der Waals surface area contributed by atoms with Crippen LogP contribution in [0.15, 0.2) is 12.3 Å². The Kier molecular flexibility index (Phi) is 1.71. The van der Waals surface area contributed by atoms with Crippen LogP contribution in [-0.2, 0) is 18.3 Å². The maximum Gasteiger partial charge on any atom is 0.223 e. The number of primary amides is 1. The molecule has 0 aliphatic carbocycles. The molecule has 0 spiro atoms. The second-order valence-electron chi connectivity index (χ2n) is 2.12. The number of hydrogen-bond donors (Lipinski definition) is 1. The Labute approximate surface area is 58.6 Å². The minimum absolute atomic E-state index is 0.223. The van der Waals surface area contributed by atoms with Gasteiger partial charge in [-0.15, -0.1) is 0 Å². The van der Waals surface area contributed by atoms with Crippen LogP contribution >= 0.6 is 0 Å². The first kappa shape index (κ1) is 6.80. The third kappa shape index (κ3) is 1.58. The zero-order valence-electron chi connectivity index (χ0n) is 5.74. The van der Waals surface area contributed by atoms with E-state index < -0.39 is 0 Å². The van der Waals surface area contributed by atoms with Crippen LogP contribution in [0.2, 0.25) is 0 Å². The Hall–Kier alpha value is -1.32. The predicted octanol–water partition coefficient (Wildman–Crippen LogP) is -0.552. The van der Waals surface area contributed by atoms with Crippen molar-refractivity contribution in [1.82, 2.24) is 9.78 Å². The molecule has 0 radical (unpaired) electrons. The van der Waals surface area contributed by atoms with Gasteiger partial charge in [-0.3, -0.25) is 9.48 Å². The third-order valence-corrected chi connectivity index (χ3v) is 1.12. The Bertz CT molecular complexity index is 241. The van der Waals surface area contributed by atoms with Gasteiger partial charge in [0.1, 0.15) is 0 Å². The summed E-state index contributed by atoms with van der Waals surface area (Å²) in [5.41, 5.74) is 5.66. The number of aromatic nitrogens is 2. The Morgan fingerprint density at radius 3 is 3.00 bits per heavy atom. The van der Waals surface area contributed by atoms with E-state index in [0.29, 0.717) is 0 Å². The molecule has 0 saturated carbocycles. The molecular weight excluding hydrogens is 130 g/mol. The molecule has 0 aromatic carbocycles. The van der Waals surface area contributed by atoms with Gasteiger partial charge in [0.25, 0.3) is 0 Å². The number of carbonyl (C=O) groups is 1. The van der Waals surface area contributed by atoms with Gasteiger partial charge in [-0.25, -0.2) is 0 Å². The van der Waals surface area contributed by atoms with Crippen molar-refractivity contribution in [3.8, 4) is 0 Å². The average molecular weight is 139 g/mol. The minimum atomic E-state index is -0.348. The number of rotatable bonds is 2. The molecule has 54 valence electrons. The molecule has 2 N–H and O–H groups in total. The standard InChI is InChI=1S/C6H9N3O/c1-9-3-2-5(8-9)4-6(7)10/h2-3H,4H2,1H3,(H2,7,10). The molecule has 4 nitrogen and oxygen atoms in total. The average Bonchev–Trinajstić information content (AvgIpc) is 2.13. The Morgan fingerprint density at radius 2 is 2.60 bits per heavy atom. The molecule has 4 heteroatoms. The van der Waals surface area contributed by atoms with Crippen LogP contribution in [0.25, 0.3) is 0 Å². The molecule has 0 saturated heterocycles. The fraction of sp³-hybridized carbons (Fsp3) is 0.333. The number of carbonyl (C=O) groups excluding carboxylic acids is 1. The number of nitrogens with zero attached hydrogens (tertiary/aromatic N) is 2. The van der Waals surface area contributed by atoms with Gasteiger partial charge in [0.2, 0.25) is 5.91 Å². The highest BCUT2D eigenvalue weighted by atomic mass is 16.1. The maximum absolute atomic E-state index is 10.4. The van der Waals surface area contributed by atoms with E-state index in [1.807, 2.05) is 0 Å². The summed E-state index contributed by atoms with van der Waals surface area (Å²) in [4.78, 5) is 10.4. The first-order chi connectivity index (χ1) is 4.68. The van der Waals surface area contributed by atoms with Crippen molar-refractivity contribution in [3.05, 3.63) is 18.0 Å². The van der Waals surface area contributed by atoms with Crippen LogP contribution in [-0.4, -0.2) is 15.7 Å². The third-order valence-electron chi connectivity index (χ3n) is 1.12. The fourth-order valence-electron chi connectivity index (χ4n) is 0.736. The molecule has 0 aliphatic heterocycles. The summed E-state index contributed by atoms with van der Waals surface area (Å²) in [6, 6.07) is 1.77. The lowest BCUT2D eigenvalue weighted by atomic mass is 10.3. The van der Waals surface area contributed by atoms with Crippen molar-refractivity contribution in [2.75, 3.05) is 0 Å². The highest BCUT2D eigenvalue weighted by molar-refractivity contribution is 5.75. The van der Waals surface area contributed by atoms with E-state index in [1.54, 1.807) is 24.0 Å². The summed E-state index contributed by atoms with van der Waals surface area (Å²) < 4.78 is 1.64. The molecule has 10 heavy (non-hydrogen) atoms.